The minimum atomic E-state index is -0.294. The first kappa shape index (κ1) is 20.3. The van der Waals surface area contributed by atoms with Crippen molar-refractivity contribution in [1.82, 2.24) is 4.90 Å². The molecule has 0 aliphatic carbocycles. The number of nitrogens with one attached hydrogen (secondary N) is 2. The maximum Gasteiger partial charge on any atom is 0.321 e. The number of likely N-dealkylation sites (tertiary alicyclic amines) is 1. The number of urea groups is 1. The van der Waals surface area contributed by atoms with Crippen LogP contribution in [0.2, 0.25) is 0 Å². The zero-order chi connectivity index (χ0) is 20.6. The quantitative estimate of drug-likeness (QED) is 0.725. The molecule has 1 aliphatic heterocycles. The summed E-state index contributed by atoms with van der Waals surface area (Å²) in [6.07, 6.45) is 5.16. The second-order valence-corrected chi connectivity index (χ2v) is 6.64. The molecule has 0 unspecified atom stereocenters. The lowest BCUT2D eigenvalue weighted by Gasteiger charge is -2.16. The minimum Gasteiger partial charge on any atom is -0.497 e. The largest absolute Gasteiger partial charge is 0.497 e. The highest BCUT2D eigenvalue weighted by Gasteiger charge is 2.17. The first-order valence-corrected chi connectivity index (χ1v) is 9.46. The predicted molar refractivity (Wildman–Crippen MR) is 113 cm³/mol. The molecule has 1 saturated heterocycles. The Balaban J connectivity index is 1.63. The van der Waals surface area contributed by atoms with E-state index in [1.807, 2.05) is 0 Å². The average molecular weight is 395 g/mol. The van der Waals surface area contributed by atoms with E-state index in [-0.39, 0.29) is 11.9 Å². The van der Waals surface area contributed by atoms with E-state index in [4.69, 9.17) is 9.47 Å². The van der Waals surface area contributed by atoms with E-state index in [2.05, 4.69) is 10.6 Å². The van der Waals surface area contributed by atoms with E-state index >= 15 is 0 Å². The van der Waals surface area contributed by atoms with Gasteiger partial charge in [-0.1, -0.05) is 6.07 Å². The highest BCUT2D eigenvalue weighted by atomic mass is 16.5. The van der Waals surface area contributed by atoms with Crippen molar-refractivity contribution in [2.45, 2.75) is 12.8 Å². The van der Waals surface area contributed by atoms with Crippen molar-refractivity contribution >= 4 is 29.4 Å². The zero-order valence-corrected chi connectivity index (χ0v) is 16.6. The number of amides is 3. The minimum absolute atomic E-state index is 0.115. The predicted octanol–water partition coefficient (Wildman–Crippen LogP) is 3.98. The normalized spacial score (nSPS) is 13.4. The lowest BCUT2D eigenvalue weighted by molar-refractivity contribution is -0.111. The van der Waals surface area contributed by atoms with Crippen molar-refractivity contribution in [3.8, 4) is 11.5 Å². The monoisotopic (exact) mass is 395 g/mol. The summed E-state index contributed by atoms with van der Waals surface area (Å²) in [5, 5.41) is 5.67. The van der Waals surface area contributed by atoms with Crippen LogP contribution in [0.1, 0.15) is 18.4 Å². The van der Waals surface area contributed by atoms with Gasteiger partial charge in [-0.3, -0.25) is 4.79 Å². The Morgan fingerprint density at radius 1 is 0.966 bits per heavy atom. The van der Waals surface area contributed by atoms with Crippen LogP contribution in [0, 0.1) is 0 Å². The van der Waals surface area contributed by atoms with Gasteiger partial charge in [-0.05, 0) is 55.3 Å². The maximum atomic E-state index is 12.3. The van der Waals surface area contributed by atoms with Gasteiger partial charge in [0.05, 0.1) is 14.2 Å². The summed E-state index contributed by atoms with van der Waals surface area (Å²) in [4.78, 5) is 26.3. The van der Waals surface area contributed by atoms with Gasteiger partial charge in [0.25, 0.3) is 0 Å². The fourth-order valence-corrected chi connectivity index (χ4v) is 3.12. The van der Waals surface area contributed by atoms with E-state index in [0.717, 1.165) is 31.5 Å². The van der Waals surface area contributed by atoms with Gasteiger partial charge >= 0.3 is 6.03 Å². The fourth-order valence-electron chi connectivity index (χ4n) is 3.12. The van der Waals surface area contributed by atoms with E-state index in [1.165, 1.54) is 6.08 Å². The standard InChI is InChI=1S/C22H25N3O4/c1-28-19-9-10-20(29-2)16(14-19)8-11-21(26)23-17-6-5-7-18(15-17)24-22(27)25-12-3-4-13-25/h5-11,14-15H,3-4,12-13H2,1-2H3,(H,23,26)(H,24,27)/b11-8+. The van der Waals surface area contributed by atoms with Crippen LogP contribution >= 0.6 is 0 Å². The molecule has 0 saturated carbocycles. The second-order valence-electron chi connectivity index (χ2n) is 6.64. The number of ether oxygens (including phenoxy) is 2. The van der Waals surface area contributed by atoms with Crippen molar-refractivity contribution in [2.75, 3.05) is 37.9 Å². The number of rotatable bonds is 6. The van der Waals surface area contributed by atoms with Gasteiger partial charge in [0.2, 0.25) is 5.91 Å². The summed E-state index contributed by atoms with van der Waals surface area (Å²) >= 11 is 0. The molecule has 3 amide bonds. The van der Waals surface area contributed by atoms with E-state index < -0.39 is 0 Å². The fraction of sp³-hybridized carbons (Fsp3) is 0.273. The van der Waals surface area contributed by atoms with Crippen LogP contribution in [0.15, 0.2) is 48.5 Å². The summed E-state index contributed by atoms with van der Waals surface area (Å²) in [6.45, 7) is 1.56. The molecule has 0 bridgehead atoms. The van der Waals surface area contributed by atoms with Crippen molar-refractivity contribution < 1.29 is 19.1 Å². The SMILES string of the molecule is COc1ccc(OC)c(/C=C/C(=O)Nc2cccc(NC(=O)N3CCCC3)c2)c1. The van der Waals surface area contributed by atoms with Crippen molar-refractivity contribution in [3.63, 3.8) is 0 Å². The smallest absolute Gasteiger partial charge is 0.321 e. The molecule has 0 atom stereocenters. The van der Waals surface area contributed by atoms with Crippen LogP contribution in [0.4, 0.5) is 16.2 Å². The Morgan fingerprint density at radius 2 is 1.69 bits per heavy atom. The third kappa shape index (κ3) is 5.51. The zero-order valence-electron chi connectivity index (χ0n) is 16.6. The van der Waals surface area contributed by atoms with Crippen molar-refractivity contribution in [2.24, 2.45) is 0 Å². The van der Waals surface area contributed by atoms with Crippen molar-refractivity contribution in [1.29, 1.82) is 0 Å². The Bertz CT molecular complexity index is 905. The van der Waals surface area contributed by atoms with Gasteiger partial charge < -0.3 is 25.0 Å². The molecular formula is C22H25N3O4. The molecule has 0 aromatic heterocycles. The number of hydrogen-bond donors (Lipinski definition) is 2. The Morgan fingerprint density at radius 3 is 2.38 bits per heavy atom. The molecule has 3 rings (SSSR count). The van der Waals surface area contributed by atoms with Gasteiger partial charge in [-0.2, -0.15) is 0 Å². The molecule has 0 radical (unpaired) electrons. The van der Waals surface area contributed by atoms with Gasteiger partial charge in [0, 0.05) is 36.1 Å². The Labute approximate surface area is 170 Å². The van der Waals surface area contributed by atoms with E-state index in [0.29, 0.717) is 22.9 Å². The second kappa shape index (κ2) is 9.64. The summed E-state index contributed by atoms with van der Waals surface area (Å²) in [7, 11) is 3.15. The lowest BCUT2D eigenvalue weighted by Crippen LogP contribution is -2.32. The lowest BCUT2D eigenvalue weighted by atomic mass is 10.1. The number of hydrogen-bond acceptors (Lipinski definition) is 4. The van der Waals surface area contributed by atoms with E-state index in [9.17, 15) is 9.59 Å². The number of methoxy groups -OCH3 is 2. The number of nitrogens with zero attached hydrogens (tertiary/aromatic N) is 1. The maximum absolute atomic E-state index is 12.3. The van der Waals surface area contributed by atoms with Crippen LogP contribution < -0.4 is 20.1 Å². The highest BCUT2D eigenvalue weighted by molar-refractivity contribution is 6.02. The van der Waals surface area contributed by atoms with Crippen LogP contribution in [-0.4, -0.2) is 44.1 Å². The molecule has 1 fully saturated rings. The third-order valence-electron chi connectivity index (χ3n) is 4.63. The third-order valence-corrected chi connectivity index (χ3v) is 4.63. The molecule has 2 aromatic rings. The molecular weight excluding hydrogens is 370 g/mol. The summed E-state index contributed by atoms with van der Waals surface area (Å²) in [6, 6.07) is 12.3. The van der Waals surface area contributed by atoms with Crippen LogP contribution in [0.5, 0.6) is 11.5 Å². The molecule has 2 aromatic carbocycles. The summed E-state index contributed by atoms with van der Waals surface area (Å²) < 4.78 is 10.5. The van der Waals surface area contributed by atoms with Gasteiger partial charge in [0.15, 0.2) is 0 Å². The Hall–Kier alpha value is -3.48. The first-order chi connectivity index (χ1) is 14.1. The summed E-state index contributed by atoms with van der Waals surface area (Å²) in [5.74, 6) is 1.02. The molecule has 152 valence electrons. The number of carbonyl (C=O) groups is 2. The highest BCUT2D eigenvalue weighted by Crippen LogP contribution is 2.25. The molecule has 7 nitrogen and oxygen atoms in total. The number of benzene rings is 2. The van der Waals surface area contributed by atoms with Gasteiger partial charge in [-0.25, -0.2) is 4.79 Å². The van der Waals surface area contributed by atoms with Crippen LogP contribution in [0.3, 0.4) is 0 Å². The van der Waals surface area contributed by atoms with Gasteiger partial charge in [-0.15, -0.1) is 0 Å². The van der Waals surface area contributed by atoms with E-state index in [1.54, 1.807) is 67.7 Å². The number of carbonyl (C=O) groups excluding carboxylic acids is 2. The molecule has 1 heterocycles. The molecule has 29 heavy (non-hydrogen) atoms. The van der Waals surface area contributed by atoms with Crippen LogP contribution in [0.25, 0.3) is 6.08 Å². The van der Waals surface area contributed by atoms with Gasteiger partial charge in [0.1, 0.15) is 11.5 Å². The molecule has 7 heteroatoms. The number of anilines is 2. The Kier molecular flexibility index (Phi) is 6.73. The topological polar surface area (TPSA) is 79.9 Å². The summed E-state index contributed by atoms with van der Waals surface area (Å²) in [5.41, 5.74) is 1.96. The van der Waals surface area contributed by atoms with Crippen molar-refractivity contribution in [3.05, 3.63) is 54.1 Å². The molecule has 0 spiro atoms. The first-order valence-electron chi connectivity index (χ1n) is 9.46. The molecule has 2 N–H and O–H groups in total. The average Bonchev–Trinajstić information content (AvgIpc) is 3.27. The molecule has 1 aliphatic rings. The van der Waals surface area contributed by atoms with Crippen LogP contribution in [-0.2, 0) is 4.79 Å².